The number of hydrogen-bond acceptors (Lipinski definition) is 4. The van der Waals surface area contributed by atoms with Crippen LogP contribution in [0.4, 0.5) is 0 Å². The summed E-state index contributed by atoms with van der Waals surface area (Å²) in [5.41, 5.74) is -0.857. The fourth-order valence-electron chi connectivity index (χ4n) is 2.27. The van der Waals surface area contributed by atoms with Crippen LogP contribution in [0.15, 0.2) is 11.6 Å². The number of ether oxygens (including phenoxy) is 2. The van der Waals surface area contributed by atoms with Crippen molar-refractivity contribution < 1.29 is 24.2 Å². The van der Waals surface area contributed by atoms with Crippen molar-refractivity contribution in [2.24, 2.45) is 0 Å². The molecule has 0 aromatic rings. The minimum Gasteiger partial charge on any atom is -0.478 e. The van der Waals surface area contributed by atoms with Crippen LogP contribution in [0.2, 0.25) is 0 Å². The number of carboxylic acids is 1. The topological polar surface area (TPSA) is 72.8 Å². The van der Waals surface area contributed by atoms with E-state index in [1.807, 2.05) is 0 Å². The zero-order chi connectivity index (χ0) is 12.9. The van der Waals surface area contributed by atoms with Crippen LogP contribution < -0.4 is 0 Å². The molecule has 0 aromatic heterocycles. The first kappa shape index (κ1) is 13.7. The molecule has 0 amide bonds. The molecule has 1 saturated carbocycles. The summed E-state index contributed by atoms with van der Waals surface area (Å²) in [6, 6.07) is 0. The van der Waals surface area contributed by atoms with E-state index in [2.05, 4.69) is 4.74 Å². The quantitative estimate of drug-likeness (QED) is 0.597. The first-order valence-electron chi connectivity index (χ1n) is 5.64. The van der Waals surface area contributed by atoms with Gasteiger partial charge in [0.05, 0.1) is 12.7 Å². The molecule has 1 N–H and O–H groups in total. The van der Waals surface area contributed by atoms with Crippen molar-refractivity contribution in [2.75, 3.05) is 14.2 Å². The van der Waals surface area contributed by atoms with Crippen molar-refractivity contribution in [1.82, 2.24) is 0 Å². The van der Waals surface area contributed by atoms with Gasteiger partial charge in [-0.2, -0.15) is 0 Å². The van der Waals surface area contributed by atoms with E-state index >= 15 is 0 Å². The maximum Gasteiger partial charge on any atom is 0.334 e. The molecule has 0 saturated heterocycles. The van der Waals surface area contributed by atoms with E-state index in [1.165, 1.54) is 14.2 Å². The van der Waals surface area contributed by atoms with Crippen molar-refractivity contribution in [3.05, 3.63) is 11.6 Å². The molecular formula is C12H18O5. The van der Waals surface area contributed by atoms with Gasteiger partial charge in [0.1, 0.15) is 5.60 Å². The lowest BCUT2D eigenvalue weighted by Crippen LogP contribution is -2.39. The van der Waals surface area contributed by atoms with Gasteiger partial charge < -0.3 is 14.6 Å². The second kappa shape index (κ2) is 5.82. The number of carbonyl (C=O) groups is 2. The van der Waals surface area contributed by atoms with Crippen molar-refractivity contribution >= 4 is 11.9 Å². The van der Waals surface area contributed by atoms with Crippen LogP contribution in [0.1, 0.15) is 32.1 Å². The molecule has 0 atom stereocenters. The maximum atomic E-state index is 11.3. The number of carboxylic acid groups (broad SMARTS) is 1. The molecule has 0 heterocycles. The van der Waals surface area contributed by atoms with Gasteiger partial charge in [-0.1, -0.05) is 19.3 Å². The molecule has 0 aromatic carbocycles. The van der Waals surface area contributed by atoms with E-state index in [0.29, 0.717) is 12.8 Å². The molecule has 96 valence electrons. The largest absolute Gasteiger partial charge is 0.478 e. The number of hydrogen-bond donors (Lipinski definition) is 1. The summed E-state index contributed by atoms with van der Waals surface area (Å²) in [6.07, 6.45) is 5.14. The Balaban J connectivity index is 3.06. The number of rotatable bonds is 4. The predicted octanol–water partition coefficient (Wildman–Crippen LogP) is 1.52. The monoisotopic (exact) mass is 242 g/mol. The van der Waals surface area contributed by atoms with Gasteiger partial charge in [0.25, 0.3) is 0 Å². The van der Waals surface area contributed by atoms with Gasteiger partial charge in [0.2, 0.25) is 0 Å². The van der Waals surface area contributed by atoms with Crippen molar-refractivity contribution in [3.63, 3.8) is 0 Å². The SMILES string of the molecule is COC(=O)/C=C(\C(=O)O)C1(OC)CCCCC1. The summed E-state index contributed by atoms with van der Waals surface area (Å²) in [7, 11) is 2.71. The lowest BCUT2D eigenvalue weighted by molar-refractivity contribution is -0.139. The Morgan fingerprint density at radius 3 is 2.18 bits per heavy atom. The minimum absolute atomic E-state index is 0.00782. The number of aliphatic carboxylic acids is 1. The van der Waals surface area contributed by atoms with Crippen molar-refractivity contribution in [2.45, 2.75) is 37.7 Å². The third-order valence-corrected chi connectivity index (χ3v) is 3.24. The lowest BCUT2D eigenvalue weighted by Gasteiger charge is -2.36. The Morgan fingerprint density at radius 1 is 1.18 bits per heavy atom. The van der Waals surface area contributed by atoms with E-state index in [9.17, 15) is 14.7 Å². The number of esters is 1. The van der Waals surface area contributed by atoms with E-state index in [1.54, 1.807) is 0 Å². The average Bonchev–Trinajstić information content (AvgIpc) is 2.36. The molecule has 1 rings (SSSR count). The highest BCUT2D eigenvalue weighted by Gasteiger charge is 2.40. The Labute approximate surface area is 100 Å². The van der Waals surface area contributed by atoms with E-state index in [-0.39, 0.29) is 5.57 Å². The van der Waals surface area contributed by atoms with Crippen LogP contribution >= 0.6 is 0 Å². The van der Waals surface area contributed by atoms with Crippen molar-refractivity contribution in [1.29, 1.82) is 0 Å². The fraction of sp³-hybridized carbons (Fsp3) is 0.667. The minimum atomic E-state index is -1.13. The Kier molecular flexibility index (Phi) is 4.69. The highest BCUT2D eigenvalue weighted by molar-refractivity contribution is 5.97. The van der Waals surface area contributed by atoms with E-state index in [0.717, 1.165) is 25.3 Å². The summed E-state index contributed by atoms with van der Waals surface area (Å²) in [6.45, 7) is 0. The molecule has 0 spiro atoms. The van der Waals surface area contributed by atoms with Crippen LogP contribution in [0.3, 0.4) is 0 Å². The summed E-state index contributed by atoms with van der Waals surface area (Å²) < 4.78 is 9.87. The molecule has 0 aliphatic heterocycles. The predicted molar refractivity (Wildman–Crippen MR) is 60.6 cm³/mol. The first-order chi connectivity index (χ1) is 8.05. The standard InChI is InChI=1S/C12H18O5/c1-16-10(13)8-9(11(14)15)12(17-2)6-4-3-5-7-12/h8H,3-7H2,1-2H3,(H,14,15)/b9-8+. The molecule has 17 heavy (non-hydrogen) atoms. The second-order valence-corrected chi connectivity index (χ2v) is 4.15. The van der Waals surface area contributed by atoms with Crippen LogP contribution in [0.25, 0.3) is 0 Å². The molecule has 1 fully saturated rings. The highest BCUT2D eigenvalue weighted by atomic mass is 16.5. The molecule has 1 aliphatic carbocycles. The summed E-state index contributed by atoms with van der Waals surface area (Å²) in [4.78, 5) is 22.5. The highest BCUT2D eigenvalue weighted by Crippen LogP contribution is 2.37. The van der Waals surface area contributed by atoms with Crippen LogP contribution in [-0.4, -0.2) is 36.9 Å². The van der Waals surface area contributed by atoms with Gasteiger partial charge in [0.15, 0.2) is 0 Å². The zero-order valence-corrected chi connectivity index (χ0v) is 10.2. The summed E-state index contributed by atoms with van der Waals surface area (Å²) in [5.74, 6) is -1.79. The van der Waals surface area contributed by atoms with Crippen LogP contribution in [0, 0.1) is 0 Å². The molecule has 5 nitrogen and oxygen atoms in total. The zero-order valence-electron chi connectivity index (χ0n) is 10.2. The Hall–Kier alpha value is -1.36. The Bertz CT molecular complexity index is 326. The van der Waals surface area contributed by atoms with Gasteiger partial charge in [0, 0.05) is 13.2 Å². The smallest absolute Gasteiger partial charge is 0.334 e. The summed E-state index contributed by atoms with van der Waals surface area (Å²) in [5, 5.41) is 9.21. The van der Waals surface area contributed by atoms with E-state index < -0.39 is 17.5 Å². The van der Waals surface area contributed by atoms with E-state index in [4.69, 9.17) is 4.74 Å². The molecule has 0 bridgehead atoms. The van der Waals surface area contributed by atoms with Crippen molar-refractivity contribution in [3.8, 4) is 0 Å². The van der Waals surface area contributed by atoms with Gasteiger partial charge in [-0.15, -0.1) is 0 Å². The molecule has 5 heteroatoms. The maximum absolute atomic E-state index is 11.3. The molecule has 1 aliphatic rings. The van der Waals surface area contributed by atoms with Gasteiger partial charge in [-0.25, -0.2) is 9.59 Å². The third-order valence-electron chi connectivity index (χ3n) is 3.24. The molecular weight excluding hydrogens is 224 g/mol. The summed E-state index contributed by atoms with van der Waals surface area (Å²) >= 11 is 0. The lowest BCUT2D eigenvalue weighted by atomic mass is 9.79. The molecule has 0 radical (unpaired) electrons. The van der Waals surface area contributed by atoms with Gasteiger partial charge >= 0.3 is 11.9 Å². The third kappa shape index (κ3) is 3.06. The fourth-order valence-corrected chi connectivity index (χ4v) is 2.27. The van der Waals surface area contributed by atoms with Gasteiger partial charge in [-0.05, 0) is 12.8 Å². The number of carbonyl (C=O) groups excluding carboxylic acids is 1. The van der Waals surface area contributed by atoms with Gasteiger partial charge in [-0.3, -0.25) is 0 Å². The Morgan fingerprint density at radius 2 is 1.76 bits per heavy atom. The first-order valence-corrected chi connectivity index (χ1v) is 5.64. The average molecular weight is 242 g/mol. The van der Waals surface area contributed by atoms with Crippen LogP contribution in [0.5, 0.6) is 0 Å². The number of methoxy groups -OCH3 is 2. The normalized spacial score (nSPS) is 19.8. The molecule has 0 unspecified atom stereocenters. The second-order valence-electron chi connectivity index (χ2n) is 4.15. The van der Waals surface area contributed by atoms with Crippen LogP contribution in [-0.2, 0) is 19.1 Å².